The molecule has 0 saturated heterocycles. The maximum Gasteiger partial charge on any atom is 0.417 e. The van der Waals surface area contributed by atoms with Crippen LogP contribution in [0.25, 0.3) is 22.4 Å². The number of para-hydroxylation sites is 1. The Hall–Kier alpha value is -3.27. The number of thiazole rings is 1. The zero-order chi connectivity index (χ0) is 23.2. The van der Waals surface area contributed by atoms with Gasteiger partial charge in [0.15, 0.2) is 5.13 Å². The summed E-state index contributed by atoms with van der Waals surface area (Å²) in [6, 6.07) is 8.72. The molecule has 170 valence electrons. The summed E-state index contributed by atoms with van der Waals surface area (Å²) in [6.45, 7) is 0. The number of nitrogens with one attached hydrogen (secondary N) is 2. The van der Waals surface area contributed by atoms with E-state index in [0.717, 1.165) is 6.07 Å². The fourth-order valence-electron chi connectivity index (χ4n) is 4.28. The van der Waals surface area contributed by atoms with Crippen LogP contribution < -0.4 is 5.32 Å². The molecule has 5 rings (SSSR count). The average molecular weight is 474 g/mol. The molecular formula is C23H18F4N4OS. The van der Waals surface area contributed by atoms with E-state index in [4.69, 9.17) is 0 Å². The third kappa shape index (κ3) is 4.22. The summed E-state index contributed by atoms with van der Waals surface area (Å²) in [7, 11) is 0. The number of halogens is 4. The van der Waals surface area contributed by atoms with Gasteiger partial charge in [0, 0.05) is 17.1 Å². The number of alkyl halides is 4. The molecule has 10 heteroatoms. The first kappa shape index (κ1) is 21.6. The van der Waals surface area contributed by atoms with Crippen LogP contribution in [-0.4, -0.2) is 27.0 Å². The average Bonchev–Trinajstić information content (AvgIpc) is 3.53. The molecule has 33 heavy (non-hydrogen) atoms. The number of anilines is 1. The molecule has 4 aromatic rings. The minimum Gasteiger partial charge on any atom is -0.338 e. The Morgan fingerprint density at radius 3 is 2.73 bits per heavy atom. The summed E-state index contributed by atoms with van der Waals surface area (Å²) < 4.78 is 55.1. The first-order valence-electron chi connectivity index (χ1n) is 10.3. The van der Waals surface area contributed by atoms with E-state index in [1.54, 1.807) is 29.8 Å². The van der Waals surface area contributed by atoms with Gasteiger partial charge in [-0.1, -0.05) is 12.1 Å². The van der Waals surface area contributed by atoms with Gasteiger partial charge in [-0.2, -0.15) is 13.2 Å². The van der Waals surface area contributed by atoms with E-state index in [-0.39, 0.29) is 28.4 Å². The van der Waals surface area contributed by atoms with E-state index in [0.29, 0.717) is 35.5 Å². The third-order valence-corrected chi connectivity index (χ3v) is 6.54. The summed E-state index contributed by atoms with van der Waals surface area (Å²) in [5, 5.41) is 4.78. The zero-order valence-electron chi connectivity index (χ0n) is 17.1. The van der Waals surface area contributed by atoms with Crippen LogP contribution in [0, 0.1) is 0 Å². The minimum absolute atomic E-state index is 0.00321. The lowest BCUT2D eigenvalue weighted by molar-refractivity contribution is -0.137. The Kier molecular flexibility index (Phi) is 5.40. The highest BCUT2D eigenvalue weighted by Crippen LogP contribution is 2.42. The number of rotatable bonds is 4. The van der Waals surface area contributed by atoms with E-state index >= 15 is 0 Å². The van der Waals surface area contributed by atoms with Crippen molar-refractivity contribution >= 4 is 33.4 Å². The fraction of sp³-hybridized carbons (Fsp3) is 0.261. The van der Waals surface area contributed by atoms with Crippen molar-refractivity contribution in [2.45, 2.75) is 37.5 Å². The molecule has 1 unspecified atom stereocenters. The summed E-state index contributed by atoms with van der Waals surface area (Å²) >= 11 is 1.25. The highest BCUT2D eigenvalue weighted by molar-refractivity contribution is 7.13. The quantitative estimate of drug-likeness (QED) is 0.329. The molecule has 1 saturated carbocycles. The molecule has 0 radical (unpaired) electrons. The number of nitrogens with zero attached hydrogens (tertiary/aromatic N) is 2. The topological polar surface area (TPSA) is 70.7 Å². The molecule has 5 nitrogen and oxygen atoms in total. The van der Waals surface area contributed by atoms with E-state index in [9.17, 15) is 22.4 Å². The van der Waals surface area contributed by atoms with Gasteiger partial charge in [-0.3, -0.25) is 10.1 Å². The van der Waals surface area contributed by atoms with Crippen molar-refractivity contribution in [1.29, 1.82) is 0 Å². The standard InChI is InChI=1S/C23H18F4N4OS/c24-14-6-4-12(10-14)13-5-7-17(23(25,26)27)16(11-13)20-29-18-3-1-2-15(19(18)30-20)21(32)31-22-28-8-9-33-22/h1-3,5,7-9,11-12,14H,4,6,10H2,(H,29,30)(H,28,31,32)/t12?,14-/m1/s1. The van der Waals surface area contributed by atoms with Crippen molar-refractivity contribution in [3.63, 3.8) is 0 Å². The van der Waals surface area contributed by atoms with Gasteiger partial charge in [-0.25, -0.2) is 14.4 Å². The lowest BCUT2D eigenvalue weighted by atomic mass is 9.93. The molecule has 1 amide bonds. The molecule has 0 aliphatic heterocycles. The number of fused-ring (bicyclic) bond motifs is 1. The van der Waals surface area contributed by atoms with Crippen molar-refractivity contribution in [1.82, 2.24) is 15.0 Å². The van der Waals surface area contributed by atoms with Crippen molar-refractivity contribution in [3.8, 4) is 11.4 Å². The van der Waals surface area contributed by atoms with Crippen molar-refractivity contribution in [2.24, 2.45) is 0 Å². The van der Waals surface area contributed by atoms with Gasteiger partial charge in [-0.05, 0) is 55.0 Å². The van der Waals surface area contributed by atoms with E-state index in [1.807, 2.05) is 0 Å². The van der Waals surface area contributed by atoms with Gasteiger partial charge in [0.05, 0.1) is 16.6 Å². The van der Waals surface area contributed by atoms with Gasteiger partial charge in [0.25, 0.3) is 5.91 Å². The molecule has 1 aliphatic rings. The number of aromatic amines is 1. The van der Waals surface area contributed by atoms with Gasteiger partial charge >= 0.3 is 6.18 Å². The second-order valence-electron chi connectivity index (χ2n) is 7.99. The normalized spacial score (nSPS) is 18.7. The van der Waals surface area contributed by atoms with Crippen LogP contribution in [0.3, 0.4) is 0 Å². The molecule has 1 fully saturated rings. The fourth-order valence-corrected chi connectivity index (χ4v) is 4.80. The number of carbonyl (C=O) groups excluding carboxylic acids is 1. The number of imidazole rings is 1. The lowest BCUT2D eigenvalue weighted by Crippen LogP contribution is -2.12. The molecule has 2 atom stereocenters. The number of H-pyrrole nitrogens is 1. The van der Waals surface area contributed by atoms with Crippen LogP contribution in [0.2, 0.25) is 0 Å². The van der Waals surface area contributed by atoms with Gasteiger partial charge in [-0.15, -0.1) is 11.3 Å². The van der Waals surface area contributed by atoms with Crippen LogP contribution >= 0.6 is 11.3 Å². The van der Waals surface area contributed by atoms with Crippen LogP contribution in [0.4, 0.5) is 22.7 Å². The van der Waals surface area contributed by atoms with E-state index < -0.39 is 23.8 Å². The molecule has 2 heterocycles. The second kappa shape index (κ2) is 8.26. The first-order valence-corrected chi connectivity index (χ1v) is 11.2. The Balaban J connectivity index is 1.59. The Morgan fingerprint density at radius 2 is 2.03 bits per heavy atom. The lowest BCUT2D eigenvalue weighted by Gasteiger charge is -2.16. The molecule has 1 aliphatic carbocycles. The summed E-state index contributed by atoms with van der Waals surface area (Å²) in [6.07, 6.45) is -2.70. The van der Waals surface area contributed by atoms with Gasteiger partial charge < -0.3 is 4.98 Å². The van der Waals surface area contributed by atoms with Gasteiger partial charge in [0.2, 0.25) is 0 Å². The molecular weight excluding hydrogens is 456 g/mol. The maximum atomic E-state index is 13.8. The highest BCUT2D eigenvalue weighted by Gasteiger charge is 2.36. The summed E-state index contributed by atoms with van der Waals surface area (Å²) in [5.74, 6) is -0.591. The molecule has 2 N–H and O–H groups in total. The number of hydrogen-bond acceptors (Lipinski definition) is 4. The largest absolute Gasteiger partial charge is 0.417 e. The number of hydrogen-bond donors (Lipinski definition) is 2. The Bertz CT molecular complexity index is 1320. The molecule has 0 bridgehead atoms. The van der Waals surface area contributed by atoms with Crippen molar-refractivity contribution in [2.75, 3.05) is 5.32 Å². The molecule has 0 spiro atoms. The molecule has 2 aromatic heterocycles. The number of carbonyl (C=O) groups is 1. The van der Waals surface area contributed by atoms with Crippen LogP contribution in [0.1, 0.15) is 46.7 Å². The number of amides is 1. The summed E-state index contributed by atoms with van der Waals surface area (Å²) in [4.78, 5) is 24.1. The van der Waals surface area contributed by atoms with Gasteiger partial charge in [0.1, 0.15) is 17.5 Å². The smallest absolute Gasteiger partial charge is 0.338 e. The number of benzene rings is 2. The van der Waals surface area contributed by atoms with Crippen LogP contribution in [-0.2, 0) is 6.18 Å². The predicted octanol–water partition coefficient (Wildman–Crippen LogP) is 6.56. The second-order valence-corrected chi connectivity index (χ2v) is 8.88. The SMILES string of the molecule is O=C(Nc1nccs1)c1cccc2[nH]c(-c3cc(C4CC[C@@H](F)C4)ccc3C(F)(F)F)nc12. The highest BCUT2D eigenvalue weighted by atomic mass is 32.1. The van der Waals surface area contributed by atoms with Crippen molar-refractivity contribution < 1.29 is 22.4 Å². The summed E-state index contributed by atoms with van der Waals surface area (Å²) in [5.41, 5.74) is 0.592. The van der Waals surface area contributed by atoms with Crippen molar-refractivity contribution in [3.05, 3.63) is 64.7 Å². The van der Waals surface area contributed by atoms with E-state index in [2.05, 4.69) is 20.3 Å². The zero-order valence-corrected chi connectivity index (χ0v) is 17.9. The third-order valence-electron chi connectivity index (χ3n) is 5.85. The first-order chi connectivity index (χ1) is 15.8. The predicted molar refractivity (Wildman–Crippen MR) is 118 cm³/mol. The minimum atomic E-state index is -4.60. The van der Waals surface area contributed by atoms with Crippen LogP contribution in [0.5, 0.6) is 0 Å². The van der Waals surface area contributed by atoms with Crippen LogP contribution in [0.15, 0.2) is 48.0 Å². The maximum absolute atomic E-state index is 13.8. The van der Waals surface area contributed by atoms with E-state index in [1.165, 1.54) is 23.5 Å². The Labute approximate surface area is 189 Å². The molecule has 2 aromatic carbocycles. The monoisotopic (exact) mass is 474 g/mol. The number of aromatic nitrogens is 3. The Morgan fingerprint density at radius 1 is 1.18 bits per heavy atom.